The van der Waals surface area contributed by atoms with Crippen LogP contribution in [0.1, 0.15) is 37.0 Å². The number of aromatic hydroxyl groups is 2. The zero-order chi connectivity index (χ0) is 17.4. The number of hydrogen-bond acceptors (Lipinski definition) is 5. The first kappa shape index (κ1) is 17.1. The molecule has 1 aromatic carbocycles. The molecule has 0 saturated carbocycles. The Hall–Kier alpha value is -2.28. The van der Waals surface area contributed by atoms with Crippen molar-refractivity contribution >= 4 is 11.9 Å². The Labute approximate surface area is 134 Å². The second-order valence-corrected chi connectivity index (χ2v) is 6.36. The SMILES string of the molecule is Cc1c(O)c(O)cc2c1C[C@@H](C(=O)NCCC(=O)O)NC2(C)C. The summed E-state index contributed by atoms with van der Waals surface area (Å²) in [7, 11) is 0. The number of rotatable bonds is 4. The quantitative estimate of drug-likeness (QED) is 0.522. The molecule has 0 aliphatic carbocycles. The topological polar surface area (TPSA) is 119 Å². The van der Waals surface area contributed by atoms with Crippen molar-refractivity contribution < 1.29 is 24.9 Å². The zero-order valence-electron chi connectivity index (χ0n) is 13.4. The molecule has 7 heteroatoms. The Morgan fingerprint density at radius 2 is 2.04 bits per heavy atom. The summed E-state index contributed by atoms with van der Waals surface area (Å²) in [6.07, 6.45) is 0.226. The largest absolute Gasteiger partial charge is 0.504 e. The number of nitrogens with one attached hydrogen (secondary N) is 2. The normalized spacial score (nSPS) is 19.0. The molecule has 0 saturated heterocycles. The average molecular weight is 322 g/mol. The molecule has 126 valence electrons. The van der Waals surface area contributed by atoms with Crippen LogP contribution in [0.25, 0.3) is 0 Å². The van der Waals surface area contributed by atoms with E-state index in [4.69, 9.17) is 5.11 Å². The van der Waals surface area contributed by atoms with Crippen LogP contribution in [0.3, 0.4) is 0 Å². The van der Waals surface area contributed by atoms with E-state index in [2.05, 4.69) is 10.6 Å². The van der Waals surface area contributed by atoms with Crippen molar-refractivity contribution in [2.24, 2.45) is 0 Å². The molecule has 0 unspecified atom stereocenters. The standard InChI is InChI=1S/C16H22N2O5/c1-8-9-6-11(15(23)17-5-4-13(20)21)18-16(2,3)10(9)7-12(19)14(8)22/h7,11,18-19,22H,4-6H2,1-3H3,(H,17,23)(H,20,21)/t11-/m0/s1. The van der Waals surface area contributed by atoms with E-state index in [1.54, 1.807) is 6.92 Å². The number of amides is 1. The van der Waals surface area contributed by atoms with Crippen molar-refractivity contribution in [1.82, 2.24) is 10.6 Å². The smallest absolute Gasteiger partial charge is 0.305 e. The van der Waals surface area contributed by atoms with Crippen LogP contribution in [0.15, 0.2) is 6.07 Å². The van der Waals surface area contributed by atoms with Gasteiger partial charge in [-0.15, -0.1) is 0 Å². The third-order valence-corrected chi connectivity index (χ3v) is 4.23. The highest BCUT2D eigenvalue weighted by Crippen LogP contribution is 2.40. The van der Waals surface area contributed by atoms with Crippen molar-refractivity contribution in [3.8, 4) is 11.5 Å². The number of carboxylic acids is 1. The van der Waals surface area contributed by atoms with Gasteiger partial charge in [0, 0.05) is 12.1 Å². The molecule has 1 atom stereocenters. The molecule has 23 heavy (non-hydrogen) atoms. The first-order valence-electron chi connectivity index (χ1n) is 7.45. The van der Waals surface area contributed by atoms with Gasteiger partial charge in [0.1, 0.15) is 0 Å². The first-order valence-corrected chi connectivity index (χ1v) is 7.45. The van der Waals surface area contributed by atoms with Crippen molar-refractivity contribution in [3.05, 3.63) is 22.8 Å². The fourth-order valence-electron chi connectivity index (χ4n) is 2.99. The predicted molar refractivity (Wildman–Crippen MR) is 83.4 cm³/mol. The Bertz CT molecular complexity index is 654. The van der Waals surface area contributed by atoms with Crippen LogP contribution in [0.5, 0.6) is 11.5 Å². The fourth-order valence-corrected chi connectivity index (χ4v) is 2.99. The molecule has 1 aromatic rings. The Kier molecular flexibility index (Phi) is 4.51. The maximum Gasteiger partial charge on any atom is 0.305 e. The van der Waals surface area contributed by atoms with Crippen LogP contribution in [-0.4, -0.2) is 39.8 Å². The van der Waals surface area contributed by atoms with Crippen LogP contribution < -0.4 is 10.6 Å². The number of phenolic OH excluding ortho intramolecular Hbond substituents is 2. The number of carbonyl (C=O) groups is 2. The molecule has 0 radical (unpaired) electrons. The summed E-state index contributed by atoms with van der Waals surface area (Å²) in [6, 6.07) is 0.984. The highest BCUT2D eigenvalue weighted by Gasteiger charge is 2.37. The molecule has 5 N–H and O–H groups in total. The Balaban J connectivity index is 2.25. The number of phenols is 2. The summed E-state index contributed by atoms with van der Waals surface area (Å²) in [6.45, 7) is 5.55. The summed E-state index contributed by atoms with van der Waals surface area (Å²) >= 11 is 0. The highest BCUT2D eigenvalue weighted by molar-refractivity contribution is 5.83. The summed E-state index contributed by atoms with van der Waals surface area (Å²) < 4.78 is 0. The minimum atomic E-state index is -0.969. The van der Waals surface area contributed by atoms with Crippen LogP contribution >= 0.6 is 0 Å². The lowest BCUT2D eigenvalue weighted by Gasteiger charge is -2.39. The van der Waals surface area contributed by atoms with Gasteiger partial charge in [-0.05, 0) is 49.9 Å². The van der Waals surface area contributed by atoms with Gasteiger partial charge in [0.05, 0.1) is 12.5 Å². The van der Waals surface area contributed by atoms with Crippen LogP contribution in [0.2, 0.25) is 0 Å². The lowest BCUT2D eigenvalue weighted by molar-refractivity contribution is -0.137. The third kappa shape index (κ3) is 3.39. The molecule has 7 nitrogen and oxygen atoms in total. The maximum absolute atomic E-state index is 12.3. The highest BCUT2D eigenvalue weighted by atomic mass is 16.4. The van der Waals surface area contributed by atoms with E-state index in [1.807, 2.05) is 13.8 Å². The fraction of sp³-hybridized carbons (Fsp3) is 0.500. The second kappa shape index (κ2) is 6.08. The lowest BCUT2D eigenvalue weighted by atomic mass is 9.79. The molecule has 1 aliphatic heterocycles. The van der Waals surface area contributed by atoms with E-state index in [-0.39, 0.29) is 30.4 Å². The first-order chi connectivity index (χ1) is 10.6. The number of carbonyl (C=O) groups excluding carboxylic acids is 1. The maximum atomic E-state index is 12.3. The molecule has 0 bridgehead atoms. The van der Waals surface area contributed by atoms with Gasteiger partial charge in [0.15, 0.2) is 11.5 Å². The Morgan fingerprint density at radius 3 is 2.65 bits per heavy atom. The summed E-state index contributed by atoms with van der Waals surface area (Å²) in [5.74, 6) is -1.60. The van der Waals surface area contributed by atoms with Gasteiger partial charge in [0.25, 0.3) is 0 Å². The molecular formula is C16H22N2O5. The van der Waals surface area contributed by atoms with E-state index in [9.17, 15) is 19.8 Å². The lowest BCUT2D eigenvalue weighted by Crippen LogP contribution is -2.56. The van der Waals surface area contributed by atoms with Crippen LogP contribution in [0.4, 0.5) is 0 Å². The summed E-state index contributed by atoms with van der Waals surface area (Å²) in [5.41, 5.74) is 1.64. The molecule has 0 spiro atoms. The third-order valence-electron chi connectivity index (χ3n) is 4.23. The van der Waals surface area contributed by atoms with Gasteiger partial charge in [-0.3, -0.25) is 14.9 Å². The number of hydrogen-bond donors (Lipinski definition) is 5. The zero-order valence-corrected chi connectivity index (χ0v) is 13.4. The monoisotopic (exact) mass is 322 g/mol. The van der Waals surface area contributed by atoms with E-state index >= 15 is 0 Å². The molecule has 0 fully saturated rings. The van der Waals surface area contributed by atoms with Crippen molar-refractivity contribution in [1.29, 1.82) is 0 Å². The molecule has 1 aliphatic rings. The van der Waals surface area contributed by atoms with E-state index in [0.29, 0.717) is 12.0 Å². The summed E-state index contributed by atoms with van der Waals surface area (Å²) in [4.78, 5) is 22.8. The van der Waals surface area contributed by atoms with Crippen LogP contribution in [-0.2, 0) is 21.5 Å². The minimum absolute atomic E-state index is 0.0689. The Morgan fingerprint density at radius 1 is 1.39 bits per heavy atom. The number of aliphatic carboxylic acids is 1. The van der Waals surface area contributed by atoms with Crippen LogP contribution in [0, 0.1) is 6.92 Å². The van der Waals surface area contributed by atoms with Crippen molar-refractivity contribution in [2.75, 3.05) is 6.54 Å². The molecule has 0 aromatic heterocycles. The van der Waals surface area contributed by atoms with E-state index in [0.717, 1.165) is 11.1 Å². The average Bonchev–Trinajstić information content (AvgIpc) is 2.45. The summed E-state index contributed by atoms with van der Waals surface area (Å²) in [5, 5.41) is 34.2. The van der Waals surface area contributed by atoms with E-state index in [1.165, 1.54) is 6.07 Å². The van der Waals surface area contributed by atoms with Gasteiger partial charge >= 0.3 is 5.97 Å². The van der Waals surface area contributed by atoms with Gasteiger partial charge in [-0.2, -0.15) is 0 Å². The molecular weight excluding hydrogens is 300 g/mol. The number of carboxylic acid groups (broad SMARTS) is 1. The minimum Gasteiger partial charge on any atom is -0.504 e. The van der Waals surface area contributed by atoms with Gasteiger partial charge < -0.3 is 20.6 Å². The number of fused-ring (bicyclic) bond motifs is 1. The molecule has 1 amide bonds. The van der Waals surface area contributed by atoms with Gasteiger partial charge in [-0.1, -0.05) is 0 Å². The molecule has 1 heterocycles. The predicted octanol–water partition coefficient (Wildman–Crippen LogP) is 0.747. The van der Waals surface area contributed by atoms with Crippen molar-refractivity contribution in [2.45, 2.75) is 45.2 Å². The van der Waals surface area contributed by atoms with Crippen molar-refractivity contribution in [3.63, 3.8) is 0 Å². The molecule has 2 rings (SSSR count). The second-order valence-electron chi connectivity index (χ2n) is 6.36. The van der Waals surface area contributed by atoms with E-state index < -0.39 is 17.6 Å². The number of benzene rings is 1. The van der Waals surface area contributed by atoms with Gasteiger partial charge in [0.2, 0.25) is 5.91 Å². The van der Waals surface area contributed by atoms with Gasteiger partial charge in [-0.25, -0.2) is 0 Å².